The zero-order chi connectivity index (χ0) is 32.8. The molecule has 3 saturated heterocycles. The number of nitrogen functional groups attached to an aromatic ring is 1. The first-order valence-corrected chi connectivity index (χ1v) is 17.2. The van der Waals surface area contributed by atoms with E-state index in [0.29, 0.717) is 0 Å². The maximum Gasteiger partial charge on any atom is 0.472 e. The lowest BCUT2D eigenvalue weighted by atomic mass is 9.99. The van der Waals surface area contributed by atoms with Gasteiger partial charge in [0, 0.05) is 0 Å². The van der Waals surface area contributed by atoms with Gasteiger partial charge in [0.2, 0.25) is 5.95 Å². The number of halogens is 2. The van der Waals surface area contributed by atoms with E-state index in [1.807, 2.05) is 0 Å². The number of alkyl halides is 2. The second-order valence-electron chi connectivity index (χ2n) is 10.6. The molecule has 0 aromatic carbocycles. The van der Waals surface area contributed by atoms with Gasteiger partial charge in [0.1, 0.15) is 23.9 Å². The summed E-state index contributed by atoms with van der Waals surface area (Å²) < 4.78 is 79.7. The van der Waals surface area contributed by atoms with Gasteiger partial charge in [-0.3, -0.25) is 32.7 Å². The molecule has 10 atom stereocenters. The van der Waals surface area contributed by atoms with Crippen LogP contribution >= 0.6 is 14.5 Å². The minimum absolute atomic E-state index is 0.148. The lowest BCUT2D eigenvalue weighted by Crippen LogP contribution is -2.44. The second-order valence-corrected chi connectivity index (χ2v) is 14.8. The van der Waals surface area contributed by atoms with Crippen LogP contribution < -0.4 is 16.9 Å². The number of aromatic nitrogens is 9. The van der Waals surface area contributed by atoms with Crippen LogP contribution in [-0.4, -0.2) is 104 Å². The van der Waals surface area contributed by atoms with Crippen molar-refractivity contribution in [1.29, 1.82) is 0 Å². The summed E-state index contributed by atoms with van der Waals surface area (Å²) in [5.41, 5.74) is 1.46. The van der Waals surface area contributed by atoms with Gasteiger partial charge in [-0.2, -0.15) is 9.67 Å². The van der Waals surface area contributed by atoms with Crippen molar-refractivity contribution in [3.8, 4) is 0 Å². The van der Waals surface area contributed by atoms with Gasteiger partial charge < -0.3 is 34.5 Å². The summed E-state index contributed by atoms with van der Waals surface area (Å²) in [6, 6.07) is 0. The summed E-state index contributed by atoms with van der Waals surface area (Å²) in [5.74, 6) is -0.298. The number of nitrogens with two attached hydrogens (primary N) is 1. The molecule has 21 nitrogen and oxygen atoms in total. The molecule has 248 valence electrons. The largest absolute Gasteiger partial charge is 0.472 e. The Kier molecular flexibility index (Phi) is 7.49. The van der Waals surface area contributed by atoms with Crippen molar-refractivity contribution < 1.29 is 50.7 Å². The molecule has 46 heavy (non-hydrogen) atoms. The Bertz CT molecular complexity index is 2060. The van der Waals surface area contributed by atoms with Crippen LogP contribution in [0.25, 0.3) is 22.3 Å². The van der Waals surface area contributed by atoms with Crippen LogP contribution in [0.15, 0.2) is 22.2 Å². The number of fused-ring (bicyclic) bond motifs is 5. The van der Waals surface area contributed by atoms with E-state index in [-0.39, 0.29) is 28.3 Å². The van der Waals surface area contributed by atoms with Crippen LogP contribution in [0.5, 0.6) is 0 Å². The molecule has 2 bridgehead atoms. The Morgan fingerprint density at radius 1 is 1.11 bits per heavy atom. The van der Waals surface area contributed by atoms with Crippen molar-refractivity contribution in [3.63, 3.8) is 0 Å². The van der Waals surface area contributed by atoms with Crippen LogP contribution in [0.2, 0.25) is 0 Å². The summed E-state index contributed by atoms with van der Waals surface area (Å²) in [6.45, 7) is -5.07. The van der Waals surface area contributed by atoms with Crippen LogP contribution in [0.1, 0.15) is 19.4 Å². The molecule has 7 heterocycles. The van der Waals surface area contributed by atoms with Gasteiger partial charge >= 0.3 is 14.5 Å². The number of phosphoric acid groups is 1. The molecule has 7 rings (SSSR count). The smallest absolute Gasteiger partial charge is 0.369 e. The number of aromatic amines is 2. The van der Waals surface area contributed by atoms with Crippen molar-refractivity contribution in [2.45, 2.75) is 55.6 Å². The molecular weight excluding hydrogens is 688 g/mol. The zero-order valence-electron chi connectivity index (χ0n) is 22.9. The van der Waals surface area contributed by atoms with Gasteiger partial charge in [0.05, 0.1) is 25.9 Å². The van der Waals surface area contributed by atoms with Crippen molar-refractivity contribution in [3.05, 3.63) is 33.4 Å². The number of ether oxygens (including phenoxy) is 2. The Balaban J connectivity index is 1.24. The molecule has 3 aliphatic heterocycles. The molecule has 0 spiro atoms. The van der Waals surface area contributed by atoms with Crippen molar-refractivity contribution in [1.82, 2.24) is 44.5 Å². The molecule has 6 N–H and O–H groups in total. The maximum atomic E-state index is 16.1. The molecule has 0 radical (unpaired) electrons. The van der Waals surface area contributed by atoms with Gasteiger partial charge in [0.25, 0.3) is 11.1 Å². The predicted molar refractivity (Wildman–Crippen MR) is 149 cm³/mol. The van der Waals surface area contributed by atoms with Gasteiger partial charge in [0.15, 0.2) is 47.1 Å². The van der Waals surface area contributed by atoms with Gasteiger partial charge in [-0.05, 0) is 18.7 Å². The Morgan fingerprint density at radius 3 is 2.67 bits per heavy atom. The van der Waals surface area contributed by atoms with Crippen molar-refractivity contribution in [2.24, 2.45) is 0 Å². The van der Waals surface area contributed by atoms with Crippen LogP contribution in [0, 0.1) is 0 Å². The summed E-state index contributed by atoms with van der Waals surface area (Å²) in [6.07, 6.45) is -11.1. The highest BCUT2D eigenvalue weighted by atomic mass is 32.5. The Hall–Kier alpha value is -3.15. The molecule has 3 fully saturated rings. The topological polar surface area (TPSA) is 279 Å². The summed E-state index contributed by atoms with van der Waals surface area (Å²) >= 11 is 5.15. The Morgan fingerprint density at radius 2 is 1.89 bits per heavy atom. The van der Waals surface area contributed by atoms with Crippen LogP contribution in [-0.2, 0) is 43.9 Å². The van der Waals surface area contributed by atoms with Crippen molar-refractivity contribution in [2.75, 3.05) is 18.9 Å². The van der Waals surface area contributed by atoms with E-state index in [4.69, 9.17) is 45.1 Å². The number of nitrogens with zero attached hydrogens (tertiary/aromatic N) is 7. The molecule has 0 aliphatic carbocycles. The second kappa shape index (κ2) is 11.0. The minimum atomic E-state index is -5.24. The molecule has 0 amide bonds. The third kappa shape index (κ3) is 5.28. The number of phosphoric ester groups is 1. The third-order valence-corrected chi connectivity index (χ3v) is 9.98. The number of rotatable bonds is 2. The monoisotopic (exact) mass is 710 g/mol. The van der Waals surface area contributed by atoms with E-state index >= 15 is 8.78 Å². The normalized spacial score (nSPS) is 38.8. The lowest BCUT2D eigenvalue weighted by Gasteiger charge is -2.32. The SMILES string of the molecule is C[C@@]12COP(O)(=S)O[C@@H]3[C@H](F)[C@@H](COP(=O)(O)O[C@H]1[C@H](F)[C@H](n1nnc4c(=O)[nH]cnc41)O2)O[C@H]3n1cnc2c(=O)[nH]c(N)nc21. The number of nitrogens with one attached hydrogen (secondary N) is 2. The molecule has 4 aromatic heterocycles. The maximum absolute atomic E-state index is 16.1. The quantitative estimate of drug-likeness (QED) is 0.160. The molecule has 0 saturated carbocycles. The van der Waals surface area contributed by atoms with E-state index in [2.05, 4.69) is 35.2 Å². The molecular formula is C20H22F2N10O11P2S. The first kappa shape index (κ1) is 31.4. The average molecular weight is 710 g/mol. The van der Waals surface area contributed by atoms with Crippen LogP contribution in [0.3, 0.4) is 0 Å². The fourth-order valence-corrected chi connectivity index (χ4v) is 7.83. The summed E-state index contributed by atoms with van der Waals surface area (Å²) in [5, 5.41) is 7.42. The summed E-state index contributed by atoms with van der Waals surface area (Å²) in [7, 11) is -5.24. The molecule has 3 aliphatic rings. The number of H-pyrrole nitrogens is 2. The first-order valence-electron chi connectivity index (χ1n) is 13.1. The first-order chi connectivity index (χ1) is 21.7. The predicted octanol–water partition coefficient (Wildman–Crippen LogP) is -0.774. The number of hydrogen-bond acceptors (Lipinski definition) is 16. The highest BCUT2D eigenvalue weighted by Gasteiger charge is 2.59. The van der Waals surface area contributed by atoms with Crippen LogP contribution in [0.4, 0.5) is 14.7 Å². The van der Waals surface area contributed by atoms with E-state index in [1.165, 1.54) is 6.92 Å². The Labute approximate surface area is 257 Å². The van der Waals surface area contributed by atoms with E-state index in [9.17, 15) is 23.9 Å². The van der Waals surface area contributed by atoms with E-state index < -0.39 is 87.6 Å². The van der Waals surface area contributed by atoms with Gasteiger partial charge in [-0.1, -0.05) is 5.21 Å². The molecule has 4 aromatic rings. The lowest BCUT2D eigenvalue weighted by molar-refractivity contribution is -0.117. The fraction of sp³-hybridized carbons (Fsp3) is 0.550. The fourth-order valence-electron chi connectivity index (χ4n) is 5.34. The van der Waals surface area contributed by atoms with E-state index in [1.54, 1.807) is 0 Å². The highest BCUT2D eigenvalue weighted by Crippen LogP contribution is 2.56. The van der Waals surface area contributed by atoms with E-state index in [0.717, 1.165) is 21.9 Å². The molecule has 26 heteroatoms. The average Bonchev–Trinajstić information content (AvgIpc) is 3.73. The number of anilines is 1. The summed E-state index contributed by atoms with van der Waals surface area (Å²) in [4.78, 5) is 62.5. The zero-order valence-corrected chi connectivity index (χ0v) is 25.6. The highest BCUT2D eigenvalue weighted by molar-refractivity contribution is 8.07. The standard InChI is InChI=1S/C20H22F2N10O11P2S/c1-20-3-39-45(37,46)42-11-7(21)6(40-18(11)31-5-26-9-14(31)27-19(23)28-16(9)34)2-38-44(35,36)43-12(20)8(22)17(41-20)32-13-10(29-30-32)15(33)25-4-24-13/h4-8,11-12,17-18H,2-3H2,1H3,(H,35,36)(H,37,46)(H,24,25,33)(H3,23,27,28,34)/t6-,7-,8+,11-,12+,17-,18-,20-,45?/m1/s1. The number of imidazole rings is 1. The third-order valence-electron chi connectivity index (χ3n) is 7.47. The van der Waals surface area contributed by atoms with Crippen molar-refractivity contribution >= 4 is 54.6 Å². The van der Waals surface area contributed by atoms with Gasteiger partial charge in [-0.25, -0.2) is 23.3 Å². The minimum Gasteiger partial charge on any atom is -0.369 e. The van der Waals surface area contributed by atoms with Gasteiger partial charge in [-0.15, -0.1) is 5.10 Å². The molecule has 2 unspecified atom stereocenters. The number of hydrogen-bond donors (Lipinski definition) is 5.